The lowest BCUT2D eigenvalue weighted by molar-refractivity contribution is -0.131. The van der Waals surface area contributed by atoms with Crippen molar-refractivity contribution in [3.63, 3.8) is 0 Å². The number of amides is 1. The van der Waals surface area contributed by atoms with Crippen LogP contribution in [0.5, 0.6) is 0 Å². The molecule has 0 aromatic heterocycles. The summed E-state index contributed by atoms with van der Waals surface area (Å²) >= 11 is 0. The monoisotopic (exact) mass is 255 g/mol. The quantitative estimate of drug-likeness (QED) is 0.765. The van der Waals surface area contributed by atoms with Crippen LogP contribution >= 0.6 is 0 Å². The zero-order valence-corrected chi connectivity index (χ0v) is 11.5. The van der Waals surface area contributed by atoms with Crippen LogP contribution in [0.2, 0.25) is 0 Å². The molecule has 0 saturated carbocycles. The number of hydrogen-bond acceptors (Lipinski definition) is 4. The van der Waals surface area contributed by atoms with E-state index < -0.39 is 0 Å². The number of hydrogen-bond donors (Lipinski definition) is 1. The van der Waals surface area contributed by atoms with Crippen LogP contribution in [0.25, 0.3) is 0 Å². The third kappa shape index (κ3) is 2.84. The first kappa shape index (κ1) is 13.8. The number of nitrogens with zero attached hydrogens (tertiary/aromatic N) is 2. The van der Waals surface area contributed by atoms with Gasteiger partial charge >= 0.3 is 0 Å². The number of likely N-dealkylation sites (tertiary alicyclic amines) is 1. The zero-order chi connectivity index (χ0) is 13.1. The maximum Gasteiger partial charge on any atom is 0.239 e. The van der Waals surface area contributed by atoms with Crippen molar-refractivity contribution in [1.29, 1.82) is 0 Å². The second-order valence-corrected chi connectivity index (χ2v) is 5.45. The molecule has 2 rings (SSSR count). The van der Waals surface area contributed by atoms with Gasteiger partial charge < -0.3 is 15.4 Å². The van der Waals surface area contributed by atoms with Gasteiger partial charge in [0.1, 0.15) is 0 Å². The molecule has 0 spiro atoms. The normalized spacial score (nSPS) is 31.6. The third-order valence-electron chi connectivity index (χ3n) is 4.16. The van der Waals surface area contributed by atoms with Gasteiger partial charge in [0, 0.05) is 32.2 Å². The topological polar surface area (TPSA) is 58.8 Å². The molecule has 2 aliphatic heterocycles. The van der Waals surface area contributed by atoms with Gasteiger partial charge in [0.05, 0.1) is 19.3 Å². The highest BCUT2D eigenvalue weighted by atomic mass is 16.5. The van der Waals surface area contributed by atoms with Gasteiger partial charge in [0.15, 0.2) is 0 Å². The van der Waals surface area contributed by atoms with Gasteiger partial charge in [0.25, 0.3) is 0 Å². The summed E-state index contributed by atoms with van der Waals surface area (Å²) in [6.45, 7) is 9.44. The standard InChI is InChI=1S/C13H25N3O2/c1-3-11(14)13(17)16-8-10(2)12(9-16)15-4-6-18-7-5-15/h10-12H,3-9,14H2,1-2H3/t10?,11-,12?/m0/s1. The zero-order valence-electron chi connectivity index (χ0n) is 11.5. The summed E-state index contributed by atoms with van der Waals surface area (Å²) in [5.41, 5.74) is 5.84. The molecule has 0 bridgehead atoms. The van der Waals surface area contributed by atoms with Crippen LogP contribution in [0.1, 0.15) is 20.3 Å². The Labute approximate surface area is 109 Å². The Morgan fingerprint density at radius 3 is 2.67 bits per heavy atom. The molecule has 0 radical (unpaired) electrons. The summed E-state index contributed by atoms with van der Waals surface area (Å²) < 4.78 is 5.38. The molecule has 5 heteroatoms. The van der Waals surface area contributed by atoms with Crippen LogP contribution in [0.4, 0.5) is 0 Å². The largest absolute Gasteiger partial charge is 0.379 e. The van der Waals surface area contributed by atoms with Crippen LogP contribution in [0.3, 0.4) is 0 Å². The molecule has 2 N–H and O–H groups in total. The Morgan fingerprint density at radius 1 is 1.39 bits per heavy atom. The van der Waals surface area contributed by atoms with E-state index in [0.29, 0.717) is 18.4 Å². The SMILES string of the molecule is CC[C@H](N)C(=O)N1CC(C)C(N2CCOCC2)C1. The van der Waals surface area contributed by atoms with Gasteiger partial charge in [-0.15, -0.1) is 0 Å². The van der Waals surface area contributed by atoms with Gasteiger partial charge in [-0.3, -0.25) is 9.69 Å². The number of rotatable bonds is 3. The number of carbonyl (C=O) groups excluding carboxylic acids is 1. The van der Waals surface area contributed by atoms with E-state index in [2.05, 4.69) is 11.8 Å². The van der Waals surface area contributed by atoms with Crippen molar-refractivity contribution >= 4 is 5.91 Å². The lowest BCUT2D eigenvalue weighted by atomic mass is 10.0. The van der Waals surface area contributed by atoms with Gasteiger partial charge in [-0.25, -0.2) is 0 Å². The number of morpholine rings is 1. The minimum Gasteiger partial charge on any atom is -0.379 e. The average Bonchev–Trinajstić information content (AvgIpc) is 2.80. The van der Waals surface area contributed by atoms with Crippen molar-refractivity contribution in [3.8, 4) is 0 Å². The van der Waals surface area contributed by atoms with Crippen LogP contribution in [-0.2, 0) is 9.53 Å². The average molecular weight is 255 g/mol. The van der Waals surface area contributed by atoms with Crippen LogP contribution in [0.15, 0.2) is 0 Å². The van der Waals surface area contributed by atoms with Gasteiger partial charge in [-0.05, 0) is 12.3 Å². The van der Waals surface area contributed by atoms with E-state index in [9.17, 15) is 4.79 Å². The molecular formula is C13H25N3O2. The molecule has 0 aromatic carbocycles. The molecular weight excluding hydrogens is 230 g/mol. The summed E-state index contributed by atoms with van der Waals surface area (Å²) in [5, 5.41) is 0. The second kappa shape index (κ2) is 5.99. The second-order valence-electron chi connectivity index (χ2n) is 5.45. The number of ether oxygens (including phenoxy) is 1. The fourth-order valence-corrected chi connectivity index (χ4v) is 2.92. The molecule has 5 nitrogen and oxygen atoms in total. The minimum atomic E-state index is -0.333. The Bertz CT molecular complexity index is 292. The summed E-state index contributed by atoms with van der Waals surface area (Å²) in [7, 11) is 0. The maximum atomic E-state index is 12.1. The summed E-state index contributed by atoms with van der Waals surface area (Å²) in [6, 6.07) is 0.141. The molecule has 2 heterocycles. The van der Waals surface area contributed by atoms with Crippen LogP contribution < -0.4 is 5.73 Å². The molecule has 0 aliphatic carbocycles. The fraction of sp³-hybridized carbons (Fsp3) is 0.923. The Balaban J connectivity index is 1.93. The first-order chi connectivity index (χ1) is 8.63. The molecule has 2 fully saturated rings. The Hall–Kier alpha value is -0.650. The van der Waals surface area contributed by atoms with Gasteiger partial charge in [0.2, 0.25) is 5.91 Å². The van der Waals surface area contributed by atoms with Crippen molar-refractivity contribution < 1.29 is 9.53 Å². The number of nitrogens with two attached hydrogens (primary N) is 1. The van der Waals surface area contributed by atoms with Crippen molar-refractivity contribution in [2.24, 2.45) is 11.7 Å². The smallest absolute Gasteiger partial charge is 0.239 e. The molecule has 2 saturated heterocycles. The highest BCUT2D eigenvalue weighted by molar-refractivity contribution is 5.81. The van der Waals surface area contributed by atoms with Crippen LogP contribution in [-0.4, -0.2) is 67.2 Å². The summed E-state index contributed by atoms with van der Waals surface area (Å²) in [5.74, 6) is 0.635. The highest BCUT2D eigenvalue weighted by Crippen LogP contribution is 2.23. The lowest BCUT2D eigenvalue weighted by Gasteiger charge is -2.34. The van der Waals surface area contributed by atoms with Gasteiger partial charge in [-0.2, -0.15) is 0 Å². The first-order valence-corrected chi connectivity index (χ1v) is 6.99. The van der Waals surface area contributed by atoms with E-state index in [1.54, 1.807) is 0 Å². The predicted octanol–water partition coefficient (Wildman–Crippen LogP) is -0.0972. The summed E-state index contributed by atoms with van der Waals surface area (Å²) in [6.07, 6.45) is 0.714. The molecule has 104 valence electrons. The minimum absolute atomic E-state index is 0.111. The van der Waals surface area contributed by atoms with E-state index in [4.69, 9.17) is 10.5 Å². The Kier molecular flexibility index (Phi) is 4.59. The first-order valence-electron chi connectivity index (χ1n) is 6.99. The Morgan fingerprint density at radius 2 is 2.06 bits per heavy atom. The molecule has 3 atom stereocenters. The molecule has 2 aliphatic rings. The predicted molar refractivity (Wildman–Crippen MR) is 70.2 cm³/mol. The van der Waals surface area contributed by atoms with E-state index >= 15 is 0 Å². The fourth-order valence-electron chi connectivity index (χ4n) is 2.92. The van der Waals surface area contributed by atoms with Crippen molar-refractivity contribution in [2.75, 3.05) is 39.4 Å². The van der Waals surface area contributed by atoms with E-state index in [1.165, 1.54) is 0 Å². The van der Waals surface area contributed by atoms with Crippen molar-refractivity contribution in [3.05, 3.63) is 0 Å². The van der Waals surface area contributed by atoms with Crippen LogP contribution in [0, 0.1) is 5.92 Å². The van der Waals surface area contributed by atoms with Crippen molar-refractivity contribution in [2.45, 2.75) is 32.4 Å². The highest BCUT2D eigenvalue weighted by Gasteiger charge is 2.37. The number of carbonyl (C=O) groups is 1. The third-order valence-corrected chi connectivity index (χ3v) is 4.16. The maximum absolute atomic E-state index is 12.1. The van der Waals surface area contributed by atoms with Gasteiger partial charge in [-0.1, -0.05) is 13.8 Å². The molecule has 2 unspecified atom stereocenters. The molecule has 0 aromatic rings. The molecule has 18 heavy (non-hydrogen) atoms. The van der Waals surface area contributed by atoms with E-state index in [1.807, 2.05) is 11.8 Å². The van der Waals surface area contributed by atoms with E-state index in [0.717, 1.165) is 39.4 Å². The lowest BCUT2D eigenvalue weighted by Crippen LogP contribution is -2.48. The molecule has 1 amide bonds. The van der Waals surface area contributed by atoms with E-state index in [-0.39, 0.29) is 11.9 Å². The summed E-state index contributed by atoms with van der Waals surface area (Å²) in [4.78, 5) is 16.5. The van der Waals surface area contributed by atoms with Crippen molar-refractivity contribution in [1.82, 2.24) is 9.80 Å².